The highest BCUT2D eigenvalue weighted by Crippen LogP contribution is 2.23. The molecule has 1 N–H and O–H groups in total. The summed E-state index contributed by atoms with van der Waals surface area (Å²) >= 11 is 0. The van der Waals surface area contributed by atoms with Crippen LogP contribution in [0.25, 0.3) is 0 Å². The third-order valence-corrected chi connectivity index (χ3v) is 4.83. The molecule has 0 amide bonds. The molecule has 0 aromatic rings. The molecule has 0 unspecified atom stereocenters. The molecule has 1 saturated carbocycles. The molecule has 1 rings (SSSR count). The van der Waals surface area contributed by atoms with Crippen LogP contribution in [0.5, 0.6) is 0 Å². The fraction of sp³-hybridized carbons (Fsp3) is 1.00. The Morgan fingerprint density at radius 3 is 2.50 bits per heavy atom. The van der Waals surface area contributed by atoms with Crippen molar-refractivity contribution in [1.29, 1.82) is 0 Å². The van der Waals surface area contributed by atoms with Crippen molar-refractivity contribution in [3.8, 4) is 0 Å². The number of likely N-dealkylation sites (N-methyl/N-ethyl adjacent to an activating group) is 1. The van der Waals surface area contributed by atoms with Crippen LogP contribution in [-0.2, 0) is 10.0 Å². The zero-order valence-corrected chi connectivity index (χ0v) is 11.4. The largest absolute Gasteiger partial charge is 0.312 e. The van der Waals surface area contributed by atoms with Gasteiger partial charge in [0, 0.05) is 26.2 Å². The maximum Gasteiger partial charge on any atom is 0.210 e. The fourth-order valence-corrected chi connectivity index (χ4v) is 2.62. The highest BCUT2D eigenvalue weighted by molar-refractivity contribution is 7.88. The summed E-state index contributed by atoms with van der Waals surface area (Å²) in [5, 5.41) is 3.47. The summed E-state index contributed by atoms with van der Waals surface area (Å²) in [6, 6.07) is 0.571. The maximum absolute atomic E-state index is 11.2. The zero-order chi connectivity index (χ0) is 12.2. The average Bonchev–Trinajstić information content (AvgIpc) is 2.19. The van der Waals surface area contributed by atoms with Crippen LogP contribution in [-0.4, -0.2) is 45.2 Å². The first-order chi connectivity index (χ1) is 7.41. The summed E-state index contributed by atoms with van der Waals surface area (Å²) in [6.07, 6.45) is 6.39. The minimum Gasteiger partial charge on any atom is -0.312 e. The van der Waals surface area contributed by atoms with Gasteiger partial charge in [-0.25, -0.2) is 12.7 Å². The summed E-state index contributed by atoms with van der Waals surface area (Å²) in [4.78, 5) is 0. The van der Waals surface area contributed by atoms with Gasteiger partial charge in [0.1, 0.15) is 0 Å². The molecule has 0 aromatic carbocycles. The van der Waals surface area contributed by atoms with Gasteiger partial charge in [-0.15, -0.1) is 0 Å². The molecular formula is C11H24N2O2S. The van der Waals surface area contributed by atoms with E-state index >= 15 is 0 Å². The third-order valence-electron chi connectivity index (χ3n) is 3.51. The number of hydrogen-bond acceptors (Lipinski definition) is 3. The minimum absolute atomic E-state index is 0.558. The second-order valence-electron chi connectivity index (χ2n) is 4.91. The molecule has 96 valence electrons. The van der Waals surface area contributed by atoms with Crippen LogP contribution >= 0.6 is 0 Å². The first-order valence-corrected chi connectivity index (χ1v) is 7.91. The first kappa shape index (κ1) is 13.9. The molecule has 0 spiro atoms. The molecule has 0 saturated heterocycles. The van der Waals surface area contributed by atoms with E-state index in [1.54, 1.807) is 7.05 Å². The smallest absolute Gasteiger partial charge is 0.210 e. The van der Waals surface area contributed by atoms with E-state index in [0.717, 1.165) is 12.5 Å². The van der Waals surface area contributed by atoms with Gasteiger partial charge in [-0.05, 0) is 18.8 Å². The minimum atomic E-state index is -3.03. The number of nitrogens with one attached hydrogen (secondary N) is 1. The van der Waals surface area contributed by atoms with Gasteiger partial charge >= 0.3 is 0 Å². The van der Waals surface area contributed by atoms with Crippen molar-refractivity contribution < 1.29 is 8.42 Å². The Morgan fingerprint density at radius 1 is 1.31 bits per heavy atom. The molecule has 5 heteroatoms. The Bertz CT molecular complexity index is 303. The number of hydrogen-bond donors (Lipinski definition) is 1. The monoisotopic (exact) mass is 248 g/mol. The second kappa shape index (κ2) is 5.98. The van der Waals surface area contributed by atoms with Crippen LogP contribution < -0.4 is 5.32 Å². The molecule has 1 aliphatic rings. The second-order valence-corrected chi connectivity index (χ2v) is 7.00. The molecule has 1 aliphatic carbocycles. The highest BCUT2D eigenvalue weighted by atomic mass is 32.2. The molecule has 4 nitrogen and oxygen atoms in total. The van der Waals surface area contributed by atoms with Crippen molar-refractivity contribution in [2.75, 3.05) is 26.4 Å². The lowest BCUT2D eigenvalue weighted by atomic mass is 9.86. The van der Waals surface area contributed by atoms with Gasteiger partial charge in [0.05, 0.1) is 6.26 Å². The summed E-state index contributed by atoms with van der Waals surface area (Å²) in [5.41, 5.74) is 0. The summed E-state index contributed by atoms with van der Waals surface area (Å²) in [5.74, 6) is 0.720. The number of sulfonamides is 1. The Morgan fingerprint density at radius 2 is 1.94 bits per heavy atom. The predicted molar refractivity (Wildman–Crippen MR) is 66.9 cm³/mol. The Hall–Kier alpha value is -0.130. The van der Waals surface area contributed by atoms with Gasteiger partial charge in [0.2, 0.25) is 10.0 Å². The molecule has 0 radical (unpaired) electrons. The van der Waals surface area contributed by atoms with Gasteiger partial charge in [0.15, 0.2) is 0 Å². The average molecular weight is 248 g/mol. The summed E-state index contributed by atoms with van der Waals surface area (Å²) in [7, 11) is -1.40. The molecule has 0 aliphatic heterocycles. The lowest BCUT2D eigenvalue weighted by molar-refractivity contribution is 0.276. The molecule has 1 fully saturated rings. The van der Waals surface area contributed by atoms with Crippen LogP contribution in [0.1, 0.15) is 32.6 Å². The molecule has 0 heterocycles. The highest BCUT2D eigenvalue weighted by Gasteiger charge is 2.20. The van der Waals surface area contributed by atoms with Crippen molar-refractivity contribution in [2.45, 2.75) is 38.6 Å². The SMILES string of the molecule is C[C@@H]1CCCC[C@@H]1NCCN(C)S(C)(=O)=O. The Kier molecular flexibility index (Phi) is 5.21. The number of nitrogens with zero attached hydrogens (tertiary/aromatic N) is 1. The van der Waals surface area contributed by atoms with E-state index in [0.29, 0.717) is 12.6 Å². The van der Waals surface area contributed by atoms with E-state index in [-0.39, 0.29) is 0 Å². The van der Waals surface area contributed by atoms with Crippen LogP contribution in [0.3, 0.4) is 0 Å². The van der Waals surface area contributed by atoms with E-state index in [9.17, 15) is 8.42 Å². The van der Waals surface area contributed by atoms with Gasteiger partial charge in [-0.3, -0.25) is 0 Å². The topological polar surface area (TPSA) is 49.4 Å². The van der Waals surface area contributed by atoms with Crippen molar-refractivity contribution in [3.63, 3.8) is 0 Å². The molecule has 0 aromatic heterocycles. The lowest BCUT2D eigenvalue weighted by Gasteiger charge is -2.30. The van der Waals surface area contributed by atoms with E-state index < -0.39 is 10.0 Å². The molecule has 2 atom stereocenters. The van der Waals surface area contributed by atoms with Crippen LogP contribution in [0.2, 0.25) is 0 Å². The Balaban J connectivity index is 2.24. The maximum atomic E-state index is 11.2. The molecular weight excluding hydrogens is 224 g/mol. The fourth-order valence-electron chi connectivity index (χ4n) is 2.19. The van der Waals surface area contributed by atoms with Crippen LogP contribution in [0.4, 0.5) is 0 Å². The van der Waals surface area contributed by atoms with Gasteiger partial charge in [-0.2, -0.15) is 0 Å². The third kappa shape index (κ3) is 4.39. The summed E-state index contributed by atoms with van der Waals surface area (Å²) < 4.78 is 23.7. The van der Waals surface area contributed by atoms with Gasteiger partial charge in [0.25, 0.3) is 0 Å². The lowest BCUT2D eigenvalue weighted by Crippen LogP contribution is -2.41. The standard InChI is InChI=1S/C11H24N2O2S/c1-10-6-4-5-7-11(10)12-8-9-13(2)16(3,14)15/h10-12H,4-9H2,1-3H3/t10-,11+/m1/s1. The van der Waals surface area contributed by atoms with Crippen molar-refractivity contribution >= 4 is 10.0 Å². The van der Waals surface area contributed by atoms with Crippen LogP contribution in [0, 0.1) is 5.92 Å². The first-order valence-electron chi connectivity index (χ1n) is 6.06. The normalized spacial score (nSPS) is 27.2. The van der Waals surface area contributed by atoms with E-state index in [4.69, 9.17) is 0 Å². The molecule has 0 bridgehead atoms. The number of rotatable bonds is 5. The zero-order valence-electron chi connectivity index (χ0n) is 10.6. The van der Waals surface area contributed by atoms with Crippen molar-refractivity contribution in [3.05, 3.63) is 0 Å². The Labute approximate surface area is 99.5 Å². The van der Waals surface area contributed by atoms with Crippen molar-refractivity contribution in [2.24, 2.45) is 5.92 Å². The van der Waals surface area contributed by atoms with E-state index in [2.05, 4.69) is 12.2 Å². The molecule has 16 heavy (non-hydrogen) atoms. The summed E-state index contributed by atoms with van der Waals surface area (Å²) in [6.45, 7) is 3.58. The van der Waals surface area contributed by atoms with Crippen LogP contribution in [0.15, 0.2) is 0 Å². The van der Waals surface area contributed by atoms with Gasteiger partial charge in [-0.1, -0.05) is 19.8 Å². The van der Waals surface area contributed by atoms with Crippen molar-refractivity contribution in [1.82, 2.24) is 9.62 Å². The quantitative estimate of drug-likeness (QED) is 0.791. The van der Waals surface area contributed by atoms with Gasteiger partial charge < -0.3 is 5.32 Å². The predicted octanol–water partition coefficient (Wildman–Crippen LogP) is 1.05. The van der Waals surface area contributed by atoms with E-state index in [1.807, 2.05) is 0 Å². The van der Waals surface area contributed by atoms with E-state index in [1.165, 1.54) is 36.2 Å².